The maximum atomic E-state index is 5.76. The van der Waals surface area contributed by atoms with Gasteiger partial charge in [0, 0.05) is 29.2 Å². The van der Waals surface area contributed by atoms with Crippen LogP contribution in [0.2, 0.25) is 0 Å². The Morgan fingerprint density at radius 2 is 1.22 bits per heavy atom. The summed E-state index contributed by atoms with van der Waals surface area (Å²) in [5, 5.41) is 11.0. The van der Waals surface area contributed by atoms with Crippen molar-refractivity contribution in [3.8, 4) is 0 Å². The van der Waals surface area contributed by atoms with Gasteiger partial charge < -0.3 is 10.2 Å². The first kappa shape index (κ1) is 21.7. The molecule has 1 heterocycles. The van der Waals surface area contributed by atoms with Gasteiger partial charge in [0.15, 0.2) is 5.11 Å². The molecule has 0 spiro atoms. The Morgan fingerprint density at radius 3 is 1.92 bits per heavy atom. The fourth-order valence-electron chi connectivity index (χ4n) is 5.07. The van der Waals surface area contributed by atoms with Crippen molar-refractivity contribution in [3.63, 3.8) is 0 Å². The van der Waals surface area contributed by atoms with Crippen molar-refractivity contribution in [2.45, 2.75) is 0 Å². The molecule has 5 heteroatoms. The number of thiocarbonyl (C=S) groups is 1. The lowest BCUT2D eigenvalue weighted by Gasteiger charge is -2.22. The molecule has 0 atom stereocenters. The SMILES string of the molecule is CN(C(=S)Nc1ccc2nc3c4ccccc4c4ccccc4c3nc2c1)c1ccc2ccccc2c1. The van der Waals surface area contributed by atoms with Crippen LogP contribution in [0, 0.1) is 0 Å². The third-order valence-corrected chi connectivity index (χ3v) is 7.37. The maximum Gasteiger partial charge on any atom is 0.177 e. The molecule has 37 heavy (non-hydrogen) atoms. The number of aromatic nitrogens is 2. The largest absolute Gasteiger partial charge is 0.332 e. The Morgan fingerprint density at radius 1 is 0.622 bits per heavy atom. The van der Waals surface area contributed by atoms with E-state index in [0.717, 1.165) is 44.2 Å². The highest BCUT2D eigenvalue weighted by Gasteiger charge is 2.13. The number of rotatable bonds is 2. The molecule has 4 nitrogen and oxygen atoms in total. The summed E-state index contributed by atoms with van der Waals surface area (Å²) in [5.74, 6) is 0. The minimum atomic E-state index is 0.611. The van der Waals surface area contributed by atoms with Crippen LogP contribution in [-0.4, -0.2) is 22.1 Å². The van der Waals surface area contributed by atoms with Gasteiger partial charge in [-0.25, -0.2) is 9.97 Å². The molecule has 1 aromatic heterocycles. The molecule has 0 saturated heterocycles. The van der Waals surface area contributed by atoms with Crippen LogP contribution in [-0.2, 0) is 0 Å². The highest BCUT2D eigenvalue weighted by Crippen LogP contribution is 2.34. The van der Waals surface area contributed by atoms with E-state index in [0.29, 0.717) is 5.11 Å². The highest BCUT2D eigenvalue weighted by molar-refractivity contribution is 7.80. The Kier molecular flexibility index (Phi) is 4.98. The first-order valence-corrected chi connectivity index (χ1v) is 12.6. The van der Waals surface area contributed by atoms with Crippen molar-refractivity contribution in [2.24, 2.45) is 0 Å². The number of hydrogen-bond donors (Lipinski definition) is 1. The van der Waals surface area contributed by atoms with E-state index in [-0.39, 0.29) is 0 Å². The fourth-order valence-corrected chi connectivity index (χ4v) is 5.29. The van der Waals surface area contributed by atoms with E-state index in [4.69, 9.17) is 22.2 Å². The zero-order chi connectivity index (χ0) is 24.9. The number of hydrogen-bond acceptors (Lipinski definition) is 3. The molecule has 0 aliphatic rings. The normalized spacial score (nSPS) is 11.5. The predicted octanol–water partition coefficient (Wildman–Crippen LogP) is 8.08. The maximum absolute atomic E-state index is 5.76. The fraction of sp³-hybridized carbons (Fsp3) is 0.0312. The molecule has 6 aromatic carbocycles. The van der Waals surface area contributed by atoms with E-state index in [9.17, 15) is 0 Å². The van der Waals surface area contributed by atoms with E-state index in [1.54, 1.807) is 0 Å². The molecule has 0 amide bonds. The molecule has 0 bridgehead atoms. The van der Waals surface area contributed by atoms with Gasteiger partial charge in [-0.15, -0.1) is 0 Å². The molecule has 0 aliphatic carbocycles. The molecule has 0 aliphatic heterocycles. The molecule has 0 fully saturated rings. The van der Waals surface area contributed by atoms with Crippen molar-refractivity contribution in [1.29, 1.82) is 0 Å². The molecular weight excluding hydrogens is 472 g/mol. The van der Waals surface area contributed by atoms with Crippen molar-refractivity contribution in [1.82, 2.24) is 9.97 Å². The third-order valence-electron chi connectivity index (χ3n) is 7.00. The summed E-state index contributed by atoms with van der Waals surface area (Å²) < 4.78 is 0. The lowest BCUT2D eigenvalue weighted by atomic mass is 9.99. The standard InChI is InChI=1S/C32H22N4S/c1-36(23-16-14-20-8-2-3-9-21(20)18-23)32(37)33-22-15-17-28-29(19-22)35-31-27-13-7-5-11-25(27)24-10-4-6-12-26(24)30(31)34-28/h2-19H,1H3,(H,33,37). The van der Waals surface area contributed by atoms with E-state index in [1.165, 1.54) is 21.5 Å². The van der Waals surface area contributed by atoms with E-state index >= 15 is 0 Å². The average molecular weight is 495 g/mol. The Hall–Kier alpha value is -4.61. The van der Waals surface area contributed by atoms with Crippen LogP contribution in [0.25, 0.3) is 54.4 Å². The van der Waals surface area contributed by atoms with Crippen molar-refractivity contribution >= 4 is 83.1 Å². The van der Waals surface area contributed by atoms with Gasteiger partial charge in [0.2, 0.25) is 0 Å². The summed E-state index contributed by atoms with van der Waals surface area (Å²) in [5.41, 5.74) is 5.43. The Balaban J connectivity index is 1.29. The smallest absolute Gasteiger partial charge is 0.177 e. The van der Waals surface area contributed by atoms with Gasteiger partial charge in [-0.2, -0.15) is 0 Å². The van der Waals surface area contributed by atoms with Crippen molar-refractivity contribution in [3.05, 3.63) is 109 Å². The number of nitrogens with one attached hydrogen (secondary N) is 1. The van der Waals surface area contributed by atoms with Crippen LogP contribution in [0.5, 0.6) is 0 Å². The molecule has 0 radical (unpaired) electrons. The summed E-state index contributed by atoms with van der Waals surface area (Å²) in [6, 6.07) is 37.5. The highest BCUT2D eigenvalue weighted by atomic mass is 32.1. The van der Waals surface area contributed by atoms with E-state index in [2.05, 4.69) is 96.3 Å². The predicted molar refractivity (Wildman–Crippen MR) is 161 cm³/mol. The van der Waals surface area contributed by atoms with Gasteiger partial charge in [-0.3, -0.25) is 0 Å². The van der Waals surface area contributed by atoms with Gasteiger partial charge in [-0.05, 0) is 64.1 Å². The van der Waals surface area contributed by atoms with Crippen molar-refractivity contribution < 1.29 is 0 Å². The minimum Gasteiger partial charge on any atom is -0.332 e. The quantitative estimate of drug-likeness (QED) is 0.149. The van der Waals surface area contributed by atoms with Gasteiger partial charge in [0.1, 0.15) is 0 Å². The van der Waals surface area contributed by atoms with Crippen LogP contribution in [0.3, 0.4) is 0 Å². The van der Waals surface area contributed by atoms with Crippen molar-refractivity contribution in [2.75, 3.05) is 17.3 Å². The Labute approximate surface area is 219 Å². The van der Waals surface area contributed by atoms with Gasteiger partial charge in [-0.1, -0.05) is 78.9 Å². The second-order valence-electron chi connectivity index (χ2n) is 9.24. The Bertz CT molecular complexity index is 2010. The number of fused-ring (bicyclic) bond motifs is 8. The number of anilines is 2. The summed E-state index contributed by atoms with van der Waals surface area (Å²) >= 11 is 5.76. The van der Waals surface area contributed by atoms with Crippen LogP contribution in [0.15, 0.2) is 109 Å². The lowest BCUT2D eigenvalue weighted by molar-refractivity contribution is 1.28. The third kappa shape index (κ3) is 3.63. The first-order chi connectivity index (χ1) is 18.2. The van der Waals surface area contributed by atoms with Crippen LogP contribution < -0.4 is 10.2 Å². The summed E-state index contributed by atoms with van der Waals surface area (Å²) in [6.07, 6.45) is 0. The van der Waals surface area contributed by atoms with Gasteiger partial charge >= 0.3 is 0 Å². The first-order valence-electron chi connectivity index (χ1n) is 12.2. The second kappa shape index (κ2) is 8.50. The zero-order valence-electron chi connectivity index (χ0n) is 20.1. The topological polar surface area (TPSA) is 41.0 Å². The molecule has 1 N–H and O–H groups in total. The molecule has 7 aromatic rings. The van der Waals surface area contributed by atoms with Crippen LogP contribution >= 0.6 is 12.2 Å². The number of benzene rings is 6. The van der Waals surface area contributed by atoms with E-state index < -0.39 is 0 Å². The molecule has 7 rings (SSSR count). The van der Waals surface area contributed by atoms with E-state index in [1.807, 2.05) is 30.1 Å². The lowest BCUT2D eigenvalue weighted by Crippen LogP contribution is -2.30. The zero-order valence-corrected chi connectivity index (χ0v) is 21.0. The second-order valence-corrected chi connectivity index (χ2v) is 9.62. The van der Waals surface area contributed by atoms with Gasteiger partial charge in [0.05, 0.1) is 22.1 Å². The average Bonchev–Trinajstić information content (AvgIpc) is 2.95. The molecule has 0 unspecified atom stereocenters. The van der Waals surface area contributed by atoms with Crippen LogP contribution in [0.4, 0.5) is 11.4 Å². The monoisotopic (exact) mass is 494 g/mol. The van der Waals surface area contributed by atoms with Gasteiger partial charge in [0.25, 0.3) is 0 Å². The summed E-state index contributed by atoms with van der Waals surface area (Å²) in [4.78, 5) is 12.1. The summed E-state index contributed by atoms with van der Waals surface area (Å²) in [7, 11) is 1.98. The molecule has 0 saturated carbocycles. The molecule has 176 valence electrons. The number of nitrogens with zero attached hydrogens (tertiary/aromatic N) is 3. The summed E-state index contributed by atoms with van der Waals surface area (Å²) in [6.45, 7) is 0. The molecular formula is C32H22N4S. The minimum absolute atomic E-state index is 0.611. The van der Waals surface area contributed by atoms with Crippen LogP contribution in [0.1, 0.15) is 0 Å².